The van der Waals surface area contributed by atoms with E-state index < -0.39 is 0 Å². The predicted octanol–water partition coefficient (Wildman–Crippen LogP) is 3.53. The normalized spacial score (nSPS) is 10.6. The van der Waals surface area contributed by atoms with Gasteiger partial charge in [0.05, 0.1) is 14.2 Å². The second-order valence-electron chi connectivity index (χ2n) is 5.94. The number of pyridine rings is 1. The highest BCUT2D eigenvalue weighted by molar-refractivity contribution is 5.90. The number of rotatable bonds is 8. The van der Waals surface area contributed by atoms with Gasteiger partial charge in [-0.15, -0.1) is 0 Å². The molecule has 134 valence electrons. The first kappa shape index (κ1) is 18.8. The van der Waals surface area contributed by atoms with E-state index in [9.17, 15) is 4.79 Å². The molecule has 5 heteroatoms. The summed E-state index contributed by atoms with van der Waals surface area (Å²) in [5.74, 6) is 1.71. The summed E-state index contributed by atoms with van der Waals surface area (Å²) in [6.07, 6.45) is 6.17. The van der Waals surface area contributed by atoms with Gasteiger partial charge in [0, 0.05) is 23.9 Å². The molecule has 0 unspecified atom stereocenters. The highest BCUT2D eigenvalue weighted by Gasteiger charge is 2.13. The molecule has 0 aliphatic carbocycles. The minimum Gasteiger partial charge on any atom is -0.493 e. The zero-order valence-corrected chi connectivity index (χ0v) is 15.4. The van der Waals surface area contributed by atoms with Crippen molar-refractivity contribution in [3.63, 3.8) is 0 Å². The minimum absolute atomic E-state index is 0.0903. The Labute approximate surface area is 149 Å². The summed E-state index contributed by atoms with van der Waals surface area (Å²) in [7, 11) is 3.15. The number of benzene rings is 1. The molecule has 1 N–H and O–H groups in total. The molecule has 2 aromatic rings. The second kappa shape index (κ2) is 9.06. The van der Waals surface area contributed by atoms with Crippen LogP contribution in [-0.2, 0) is 11.3 Å². The van der Waals surface area contributed by atoms with Crippen LogP contribution in [0.3, 0.4) is 0 Å². The van der Waals surface area contributed by atoms with Crippen LogP contribution < -0.4 is 19.4 Å². The highest BCUT2D eigenvalue weighted by atomic mass is 16.5. The third-order valence-corrected chi connectivity index (χ3v) is 4.37. The van der Waals surface area contributed by atoms with Crippen LogP contribution >= 0.6 is 0 Å². The number of aromatic nitrogens is 1. The average molecular weight is 343 g/mol. The number of methoxy groups -OCH3 is 2. The van der Waals surface area contributed by atoms with E-state index in [2.05, 4.69) is 31.3 Å². The number of nitrogens with one attached hydrogen (secondary N) is 1. The van der Waals surface area contributed by atoms with Gasteiger partial charge in [-0.25, -0.2) is 0 Å². The van der Waals surface area contributed by atoms with Gasteiger partial charge in [-0.05, 0) is 36.5 Å². The molecule has 0 radical (unpaired) electrons. The van der Waals surface area contributed by atoms with E-state index in [0.717, 1.165) is 12.8 Å². The molecule has 1 amide bonds. The van der Waals surface area contributed by atoms with Crippen molar-refractivity contribution in [2.45, 2.75) is 39.2 Å². The second-order valence-corrected chi connectivity index (χ2v) is 5.94. The van der Waals surface area contributed by atoms with E-state index in [1.807, 2.05) is 17.0 Å². The molecule has 0 aliphatic heterocycles. The van der Waals surface area contributed by atoms with Crippen molar-refractivity contribution in [2.75, 3.05) is 19.5 Å². The summed E-state index contributed by atoms with van der Waals surface area (Å²) in [6.45, 7) is 4.66. The smallest absolute Gasteiger partial charge is 0.290 e. The molecule has 0 spiro atoms. The monoisotopic (exact) mass is 343 g/mol. The van der Waals surface area contributed by atoms with Gasteiger partial charge in [-0.2, -0.15) is 4.57 Å². The largest absolute Gasteiger partial charge is 0.493 e. The Morgan fingerprint density at radius 2 is 1.68 bits per heavy atom. The Kier molecular flexibility index (Phi) is 6.81. The summed E-state index contributed by atoms with van der Waals surface area (Å²) < 4.78 is 12.3. The van der Waals surface area contributed by atoms with Gasteiger partial charge < -0.3 is 14.8 Å². The quantitative estimate of drug-likeness (QED) is 0.746. The van der Waals surface area contributed by atoms with Gasteiger partial charge in [0.25, 0.3) is 5.91 Å². The number of nitrogens with zero attached hydrogens (tertiary/aromatic N) is 1. The van der Waals surface area contributed by atoms with Crippen LogP contribution in [0.1, 0.15) is 38.2 Å². The van der Waals surface area contributed by atoms with E-state index in [1.54, 1.807) is 32.4 Å². The standard InChI is InChI=1S/C20H26N2O3/c1-5-15(6-2)16-9-11-22(12-10-16)14-20(23)21-17-7-8-18(24-3)19(13-17)25-4/h7-13,15H,5-6,14H2,1-4H3/p+1. The SMILES string of the molecule is CCC(CC)c1cc[n+](CC(=O)Nc2ccc(OC)c(OC)c2)cc1. The fraction of sp³-hybridized carbons (Fsp3) is 0.400. The van der Waals surface area contributed by atoms with E-state index in [0.29, 0.717) is 23.1 Å². The predicted molar refractivity (Wildman–Crippen MR) is 98.1 cm³/mol. The summed E-state index contributed by atoms with van der Waals surface area (Å²) >= 11 is 0. The maximum atomic E-state index is 12.3. The number of carbonyl (C=O) groups is 1. The molecule has 0 saturated heterocycles. The first-order valence-electron chi connectivity index (χ1n) is 8.62. The lowest BCUT2D eigenvalue weighted by molar-refractivity contribution is -0.684. The van der Waals surface area contributed by atoms with E-state index in [1.165, 1.54) is 5.56 Å². The van der Waals surface area contributed by atoms with Crippen LogP contribution in [0.25, 0.3) is 0 Å². The van der Waals surface area contributed by atoms with Gasteiger partial charge in [0.15, 0.2) is 23.9 Å². The van der Waals surface area contributed by atoms with Crippen molar-refractivity contribution in [1.29, 1.82) is 0 Å². The first-order chi connectivity index (χ1) is 12.1. The molecule has 0 saturated carbocycles. The van der Waals surface area contributed by atoms with Crippen molar-refractivity contribution < 1.29 is 18.8 Å². The zero-order chi connectivity index (χ0) is 18.2. The van der Waals surface area contributed by atoms with Crippen LogP contribution in [-0.4, -0.2) is 20.1 Å². The lowest BCUT2D eigenvalue weighted by Gasteiger charge is -2.11. The molecular formula is C20H27N2O3+. The number of carbonyl (C=O) groups excluding carboxylic acids is 1. The van der Waals surface area contributed by atoms with Crippen molar-refractivity contribution in [3.05, 3.63) is 48.3 Å². The molecule has 0 bridgehead atoms. The lowest BCUT2D eigenvalue weighted by atomic mass is 9.95. The van der Waals surface area contributed by atoms with Crippen molar-refractivity contribution in [1.82, 2.24) is 0 Å². The minimum atomic E-state index is -0.0903. The molecule has 2 rings (SSSR count). The molecule has 25 heavy (non-hydrogen) atoms. The van der Waals surface area contributed by atoms with Gasteiger partial charge in [0.2, 0.25) is 6.54 Å². The van der Waals surface area contributed by atoms with Crippen LogP contribution in [0.15, 0.2) is 42.7 Å². The molecule has 0 fully saturated rings. The third kappa shape index (κ3) is 4.95. The molecule has 5 nitrogen and oxygen atoms in total. The summed E-state index contributed by atoms with van der Waals surface area (Å²) in [6, 6.07) is 9.51. The molecular weight excluding hydrogens is 316 g/mol. The molecule has 0 atom stereocenters. The highest BCUT2D eigenvalue weighted by Crippen LogP contribution is 2.29. The fourth-order valence-electron chi connectivity index (χ4n) is 2.89. The van der Waals surface area contributed by atoms with Crippen LogP contribution in [0.5, 0.6) is 11.5 Å². The van der Waals surface area contributed by atoms with E-state index >= 15 is 0 Å². The lowest BCUT2D eigenvalue weighted by Crippen LogP contribution is -2.39. The fourth-order valence-corrected chi connectivity index (χ4v) is 2.89. The van der Waals surface area contributed by atoms with Crippen molar-refractivity contribution in [2.24, 2.45) is 0 Å². The number of ether oxygens (including phenoxy) is 2. The summed E-state index contributed by atoms with van der Waals surface area (Å²) in [5, 5.41) is 2.88. The first-order valence-corrected chi connectivity index (χ1v) is 8.62. The Morgan fingerprint density at radius 1 is 1.04 bits per heavy atom. The average Bonchev–Trinajstić information content (AvgIpc) is 2.64. The van der Waals surface area contributed by atoms with E-state index in [-0.39, 0.29) is 12.5 Å². The van der Waals surface area contributed by atoms with Gasteiger partial charge in [-0.3, -0.25) is 4.79 Å². The van der Waals surface area contributed by atoms with Gasteiger partial charge in [0.1, 0.15) is 0 Å². The number of hydrogen-bond acceptors (Lipinski definition) is 3. The topological polar surface area (TPSA) is 51.4 Å². The number of amides is 1. The molecule has 0 aliphatic rings. The zero-order valence-electron chi connectivity index (χ0n) is 15.4. The summed E-state index contributed by atoms with van der Waals surface area (Å²) in [5.41, 5.74) is 2.00. The Bertz CT molecular complexity index is 695. The van der Waals surface area contributed by atoms with Gasteiger partial charge >= 0.3 is 0 Å². The summed E-state index contributed by atoms with van der Waals surface area (Å²) in [4.78, 5) is 12.3. The molecule has 1 aromatic heterocycles. The number of anilines is 1. The Balaban J connectivity index is 2.00. The Hall–Kier alpha value is -2.56. The van der Waals surface area contributed by atoms with Crippen LogP contribution in [0.2, 0.25) is 0 Å². The van der Waals surface area contributed by atoms with E-state index in [4.69, 9.17) is 9.47 Å². The molecule has 1 heterocycles. The van der Waals surface area contributed by atoms with Gasteiger partial charge in [-0.1, -0.05) is 13.8 Å². The maximum absolute atomic E-state index is 12.3. The third-order valence-electron chi connectivity index (χ3n) is 4.37. The molecule has 1 aromatic carbocycles. The van der Waals surface area contributed by atoms with Crippen molar-refractivity contribution >= 4 is 11.6 Å². The van der Waals surface area contributed by atoms with Crippen molar-refractivity contribution in [3.8, 4) is 11.5 Å². The maximum Gasteiger partial charge on any atom is 0.290 e. The Morgan fingerprint density at radius 3 is 2.24 bits per heavy atom. The number of hydrogen-bond donors (Lipinski definition) is 1. The van der Waals surface area contributed by atoms with Crippen LogP contribution in [0, 0.1) is 0 Å². The van der Waals surface area contributed by atoms with Crippen LogP contribution in [0.4, 0.5) is 5.69 Å².